The molecule has 0 spiro atoms. The van der Waals surface area contributed by atoms with Gasteiger partial charge in [-0.3, -0.25) is 5.32 Å². The minimum atomic E-state index is -4.61. The summed E-state index contributed by atoms with van der Waals surface area (Å²) in [6.07, 6.45) is -4.61. The summed E-state index contributed by atoms with van der Waals surface area (Å²) in [6, 6.07) is 0.138. The molecule has 0 aliphatic heterocycles. The third-order valence-corrected chi connectivity index (χ3v) is 1.99. The number of benzene rings is 1. The van der Waals surface area contributed by atoms with E-state index in [9.17, 15) is 26.3 Å². The summed E-state index contributed by atoms with van der Waals surface area (Å²) in [4.78, 5) is 0. The Morgan fingerprint density at radius 3 is 2.17 bits per heavy atom. The number of rotatable bonds is 3. The number of hydrogen-bond acceptors (Lipinski definition) is 2. The molecule has 0 saturated carbocycles. The van der Waals surface area contributed by atoms with Gasteiger partial charge in [0.15, 0.2) is 11.6 Å². The van der Waals surface area contributed by atoms with Crippen LogP contribution in [0.3, 0.4) is 0 Å². The molecule has 98 valence electrons. The molecule has 1 aromatic carbocycles. The normalized spacial score (nSPS) is 13.2. The standard InChI is InChI=1S/C10H6F6N2/c11-6-2-8(13)7(12)1-5(6)9(3-17)18-4-10(14,15)16/h1-2,9,18H,4H2. The predicted molar refractivity (Wildman–Crippen MR) is 48.7 cm³/mol. The summed E-state index contributed by atoms with van der Waals surface area (Å²) in [5.41, 5.74) is -0.680. The van der Waals surface area contributed by atoms with Crippen molar-refractivity contribution in [1.82, 2.24) is 5.32 Å². The lowest BCUT2D eigenvalue weighted by Gasteiger charge is -2.14. The third-order valence-electron chi connectivity index (χ3n) is 1.99. The second-order valence-electron chi connectivity index (χ2n) is 3.35. The molecule has 0 aliphatic carbocycles. The fraction of sp³-hybridized carbons (Fsp3) is 0.300. The lowest BCUT2D eigenvalue weighted by molar-refractivity contribution is -0.125. The van der Waals surface area contributed by atoms with Crippen LogP contribution in [0.1, 0.15) is 11.6 Å². The van der Waals surface area contributed by atoms with Crippen molar-refractivity contribution in [2.45, 2.75) is 12.2 Å². The van der Waals surface area contributed by atoms with Crippen molar-refractivity contribution in [2.75, 3.05) is 6.54 Å². The number of halogens is 6. The van der Waals surface area contributed by atoms with E-state index in [1.807, 2.05) is 0 Å². The first-order chi connectivity index (χ1) is 8.24. The summed E-state index contributed by atoms with van der Waals surface area (Å²) >= 11 is 0. The zero-order chi connectivity index (χ0) is 13.9. The van der Waals surface area contributed by atoms with E-state index in [-0.39, 0.29) is 6.07 Å². The van der Waals surface area contributed by atoms with Gasteiger partial charge in [-0.05, 0) is 6.07 Å². The van der Waals surface area contributed by atoms with Gasteiger partial charge in [0, 0.05) is 11.6 Å². The highest BCUT2D eigenvalue weighted by Gasteiger charge is 2.29. The van der Waals surface area contributed by atoms with Gasteiger partial charge in [-0.2, -0.15) is 18.4 Å². The molecule has 0 fully saturated rings. The number of nitrogens with one attached hydrogen (secondary N) is 1. The van der Waals surface area contributed by atoms with Crippen molar-refractivity contribution < 1.29 is 26.3 Å². The van der Waals surface area contributed by atoms with Crippen LogP contribution in [-0.2, 0) is 0 Å². The smallest absolute Gasteiger partial charge is 0.290 e. The highest BCUT2D eigenvalue weighted by Crippen LogP contribution is 2.21. The molecule has 0 amide bonds. The molecule has 1 N–H and O–H groups in total. The molecule has 2 nitrogen and oxygen atoms in total. The van der Waals surface area contributed by atoms with Gasteiger partial charge in [0.2, 0.25) is 0 Å². The maximum atomic E-state index is 13.2. The van der Waals surface area contributed by atoms with Gasteiger partial charge in [-0.25, -0.2) is 13.2 Å². The van der Waals surface area contributed by atoms with Crippen LogP contribution in [0.5, 0.6) is 0 Å². The molecule has 1 rings (SSSR count). The van der Waals surface area contributed by atoms with Crippen LogP contribution in [-0.4, -0.2) is 12.7 Å². The molecule has 0 radical (unpaired) electrons. The summed E-state index contributed by atoms with van der Waals surface area (Å²) in [6.45, 7) is -1.55. The van der Waals surface area contributed by atoms with Gasteiger partial charge in [-0.1, -0.05) is 0 Å². The van der Waals surface area contributed by atoms with Gasteiger partial charge < -0.3 is 0 Å². The molecule has 0 heterocycles. The summed E-state index contributed by atoms with van der Waals surface area (Å²) in [5.74, 6) is -4.22. The van der Waals surface area contributed by atoms with Crippen LogP contribution in [0.4, 0.5) is 26.3 Å². The Hall–Kier alpha value is -1.75. The molecule has 0 aliphatic rings. The Morgan fingerprint density at radius 1 is 1.11 bits per heavy atom. The maximum absolute atomic E-state index is 13.2. The van der Waals surface area contributed by atoms with Crippen LogP contribution in [0.2, 0.25) is 0 Å². The van der Waals surface area contributed by atoms with Crippen molar-refractivity contribution in [3.63, 3.8) is 0 Å². The quantitative estimate of drug-likeness (QED) is 0.676. The second-order valence-corrected chi connectivity index (χ2v) is 3.35. The first kappa shape index (κ1) is 14.3. The molecule has 18 heavy (non-hydrogen) atoms. The van der Waals surface area contributed by atoms with E-state index in [2.05, 4.69) is 0 Å². The molecule has 1 aromatic rings. The van der Waals surface area contributed by atoms with Crippen LogP contribution < -0.4 is 5.32 Å². The van der Waals surface area contributed by atoms with E-state index < -0.39 is 41.8 Å². The van der Waals surface area contributed by atoms with Crippen molar-refractivity contribution in [1.29, 1.82) is 5.26 Å². The third kappa shape index (κ3) is 3.63. The summed E-state index contributed by atoms with van der Waals surface area (Å²) in [7, 11) is 0. The number of nitriles is 1. The Labute approximate surface area is 97.8 Å². The summed E-state index contributed by atoms with van der Waals surface area (Å²) < 4.78 is 74.4. The van der Waals surface area contributed by atoms with Crippen LogP contribution in [0, 0.1) is 28.8 Å². The second kappa shape index (κ2) is 5.27. The topological polar surface area (TPSA) is 35.8 Å². The molecular weight excluding hydrogens is 262 g/mol. The van der Waals surface area contributed by atoms with Crippen LogP contribution in [0.15, 0.2) is 12.1 Å². The molecule has 1 atom stereocenters. The van der Waals surface area contributed by atoms with Crippen molar-refractivity contribution in [3.05, 3.63) is 35.1 Å². The van der Waals surface area contributed by atoms with Gasteiger partial charge >= 0.3 is 6.18 Å². The van der Waals surface area contributed by atoms with E-state index in [0.717, 1.165) is 0 Å². The molecular formula is C10H6F6N2. The van der Waals surface area contributed by atoms with E-state index in [1.54, 1.807) is 5.32 Å². The van der Waals surface area contributed by atoms with E-state index >= 15 is 0 Å². The lowest BCUT2D eigenvalue weighted by atomic mass is 10.1. The largest absolute Gasteiger partial charge is 0.401 e. The minimum Gasteiger partial charge on any atom is -0.290 e. The molecule has 0 bridgehead atoms. The fourth-order valence-electron chi connectivity index (χ4n) is 1.20. The zero-order valence-corrected chi connectivity index (χ0v) is 8.65. The maximum Gasteiger partial charge on any atom is 0.401 e. The minimum absolute atomic E-state index is 0.171. The predicted octanol–water partition coefficient (Wildman–Crippen LogP) is 2.82. The van der Waals surface area contributed by atoms with Gasteiger partial charge in [0.1, 0.15) is 11.9 Å². The van der Waals surface area contributed by atoms with E-state index in [0.29, 0.717) is 6.07 Å². The van der Waals surface area contributed by atoms with E-state index in [1.165, 1.54) is 6.07 Å². The van der Waals surface area contributed by atoms with Crippen molar-refractivity contribution in [2.24, 2.45) is 0 Å². The number of hydrogen-bond donors (Lipinski definition) is 1. The highest BCUT2D eigenvalue weighted by molar-refractivity contribution is 5.27. The Balaban J connectivity index is 2.97. The first-order valence-corrected chi connectivity index (χ1v) is 4.59. The SMILES string of the molecule is N#CC(NCC(F)(F)F)c1cc(F)c(F)cc1F. The Kier molecular flexibility index (Phi) is 4.19. The molecule has 1 unspecified atom stereocenters. The van der Waals surface area contributed by atoms with Crippen molar-refractivity contribution >= 4 is 0 Å². The number of nitrogens with zero attached hydrogens (tertiary/aromatic N) is 1. The number of alkyl halides is 3. The van der Waals surface area contributed by atoms with Gasteiger partial charge in [-0.15, -0.1) is 0 Å². The highest BCUT2D eigenvalue weighted by atomic mass is 19.4. The summed E-state index contributed by atoms with van der Waals surface area (Å²) in [5, 5.41) is 10.3. The lowest BCUT2D eigenvalue weighted by Crippen LogP contribution is -2.32. The first-order valence-electron chi connectivity index (χ1n) is 4.59. The average Bonchev–Trinajstić information content (AvgIpc) is 2.24. The molecule has 8 heteroatoms. The monoisotopic (exact) mass is 268 g/mol. The van der Waals surface area contributed by atoms with Gasteiger partial charge in [0.25, 0.3) is 0 Å². The molecule has 0 saturated heterocycles. The molecule has 0 aromatic heterocycles. The zero-order valence-electron chi connectivity index (χ0n) is 8.65. The fourth-order valence-corrected chi connectivity index (χ4v) is 1.20. The van der Waals surface area contributed by atoms with E-state index in [4.69, 9.17) is 5.26 Å². The Morgan fingerprint density at radius 2 is 1.67 bits per heavy atom. The van der Waals surface area contributed by atoms with Gasteiger partial charge in [0.05, 0.1) is 12.6 Å². The van der Waals surface area contributed by atoms with Crippen LogP contribution in [0.25, 0.3) is 0 Å². The van der Waals surface area contributed by atoms with Crippen molar-refractivity contribution in [3.8, 4) is 6.07 Å². The average molecular weight is 268 g/mol. The van der Waals surface area contributed by atoms with Crippen LogP contribution >= 0.6 is 0 Å². The Bertz CT molecular complexity index is 476.